The molecule has 0 aliphatic carbocycles. The minimum Gasteiger partial charge on any atom is -0.495 e. The molecule has 0 aromatic heterocycles. The molecule has 1 aromatic rings. The molecule has 19 heavy (non-hydrogen) atoms. The minimum atomic E-state index is 0.0115. The van der Waals surface area contributed by atoms with Crippen LogP contribution in [0.5, 0.6) is 5.75 Å². The highest BCUT2D eigenvalue weighted by Gasteiger charge is 2.25. The highest BCUT2D eigenvalue weighted by Crippen LogP contribution is 2.35. The second kappa shape index (κ2) is 6.29. The zero-order chi connectivity index (χ0) is 14.6. The van der Waals surface area contributed by atoms with E-state index in [1.54, 1.807) is 7.11 Å². The van der Waals surface area contributed by atoms with Crippen LogP contribution in [0.15, 0.2) is 18.2 Å². The first kappa shape index (κ1) is 15.8. The third kappa shape index (κ3) is 3.63. The summed E-state index contributed by atoms with van der Waals surface area (Å²) in [5, 5.41) is 0. The summed E-state index contributed by atoms with van der Waals surface area (Å²) in [7, 11) is 3.83. The molecule has 0 bridgehead atoms. The van der Waals surface area contributed by atoms with Gasteiger partial charge in [0, 0.05) is 12.6 Å². The van der Waals surface area contributed by atoms with Crippen LogP contribution in [0.2, 0.25) is 0 Å². The quantitative estimate of drug-likeness (QED) is 0.856. The Bertz CT molecular complexity index is 413. The largest absolute Gasteiger partial charge is 0.495 e. The third-order valence-corrected chi connectivity index (χ3v) is 3.90. The van der Waals surface area contributed by atoms with E-state index in [9.17, 15) is 0 Å². The van der Waals surface area contributed by atoms with Crippen LogP contribution in [0.3, 0.4) is 0 Å². The number of benzene rings is 1. The van der Waals surface area contributed by atoms with E-state index in [1.807, 2.05) is 0 Å². The molecule has 1 rings (SSSR count). The van der Waals surface area contributed by atoms with Crippen molar-refractivity contribution >= 4 is 5.69 Å². The van der Waals surface area contributed by atoms with E-state index in [-0.39, 0.29) is 5.54 Å². The van der Waals surface area contributed by atoms with Crippen LogP contribution < -0.4 is 15.4 Å². The average Bonchev–Trinajstić information content (AvgIpc) is 2.36. The maximum absolute atomic E-state index is 5.72. The fourth-order valence-electron chi connectivity index (χ4n) is 2.18. The number of ether oxygens (including phenoxy) is 1. The van der Waals surface area contributed by atoms with Crippen molar-refractivity contribution in [1.82, 2.24) is 0 Å². The van der Waals surface area contributed by atoms with E-state index in [2.05, 4.69) is 57.8 Å². The monoisotopic (exact) mass is 264 g/mol. The molecule has 0 amide bonds. The summed E-state index contributed by atoms with van der Waals surface area (Å²) in [5.41, 5.74) is 8.19. The lowest BCUT2D eigenvalue weighted by atomic mass is 9.96. The first-order valence-corrected chi connectivity index (χ1v) is 6.95. The van der Waals surface area contributed by atoms with Crippen molar-refractivity contribution in [2.75, 3.05) is 25.6 Å². The Morgan fingerprint density at radius 3 is 2.42 bits per heavy atom. The van der Waals surface area contributed by atoms with Gasteiger partial charge in [0.15, 0.2) is 0 Å². The van der Waals surface area contributed by atoms with Gasteiger partial charge in [-0.05, 0) is 50.4 Å². The molecule has 0 saturated carbocycles. The number of nitrogens with two attached hydrogens (primary N) is 1. The lowest BCUT2D eigenvalue weighted by Gasteiger charge is -2.38. The summed E-state index contributed by atoms with van der Waals surface area (Å²) in [6.45, 7) is 9.51. The molecule has 3 nitrogen and oxygen atoms in total. The van der Waals surface area contributed by atoms with Gasteiger partial charge in [-0.3, -0.25) is 0 Å². The van der Waals surface area contributed by atoms with E-state index in [4.69, 9.17) is 10.5 Å². The molecular weight excluding hydrogens is 236 g/mol. The van der Waals surface area contributed by atoms with Crippen LogP contribution in [0.1, 0.15) is 45.6 Å². The molecule has 3 heteroatoms. The lowest BCUT2D eigenvalue weighted by molar-refractivity contribution is 0.403. The molecule has 2 N–H and O–H groups in total. The molecule has 0 atom stereocenters. The Kier molecular flexibility index (Phi) is 5.24. The Morgan fingerprint density at radius 1 is 1.32 bits per heavy atom. The molecule has 0 heterocycles. The number of rotatable bonds is 6. The van der Waals surface area contributed by atoms with Gasteiger partial charge < -0.3 is 15.4 Å². The summed E-state index contributed by atoms with van der Waals surface area (Å²) in [6, 6.07) is 6.41. The zero-order valence-corrected chi connectivity index (χ0v) is 13.2. The number of hydrogen-bond donors (Lipinski definition) is 1. The van der Waals surface area contributed by atoms with Crippen molar-refractivity contribution in [3.05, 3.63) is 23.8 Å². The average molecular weight is 264 g/mol. The van der Waals surface area contributed by atoms with E-state index in [0.29, 0.717) is 12.5 Å². The summed E-state index contributed by atoms with van der Waals surface area (Å²) < 4.78 is 5.50. The smallest absolute Gasteiger partial charge is 0.142 e. The predicted molar refractivity (Wildman–Crippen MR) is 83.2 cm³/mol. The van der Waals surface area contributed by atoms with Crippen molar-refractivity contribution in [1.29, 1.82) is 0 Å². The summed E-state index contributed by atoms with van der Waals surface area (Å²) in [5.74, 6) is 1.42. The number of anilines is 1. The highest BCUT2D eigenvalue weighted by atomic mass is 16.5. The normalized spacial score (nSPS) is 11.8. The van der Waals surface area contributed by atoms with E-state index >= 15 is 0 Å². The van der Waals surface area contributed by atoms with Crippen LogP contribution in [-0.2, 0) is 0 Å². The van der Waals surface area contributed by atoms with Gasteiger partial charge in [-0.1, -0.05) is 19.9 Å². The molecular formula is C16H28N2O. The van der Waals surface area contributed by atoms with Gasteiger partial charge >= 0.3 is 0 Å². The fourth-order valence-corrected chi connectivity index (χ4v) is 2.18. The summed E-state index contributed by atoms with van der Waals surface area (Å²) >= 11 is 0. The first-order valence-electron chi connectivity index (χ1n) is 6.95. The maximum Gasteiger partial charge on any atom is 0.142 e. The minimum absolute atomic E-state index is 0.0115. The third-order valence-electron chi connectivity index (χ3n) is 3.90. The molecule has 1 aromatic carbocycles. The predicted octanol–water partition coefficient (Wildman–Crippen LogP) is 3.38. The van der Waals surface area contributed by atoms with Gasteiger partial charge in [-0.2, -0.15) is 0 Å². The second-order valence-electron chi connectivity index (χ2n) is 6.00. The van der Waals surface area contributed by atoms with Gasteiger partial charge in [0.05, 0.1) is 12.8 Å². The molecule has 0 saturated heterocycles. The molecule has 0 aliphatic heterocycles. The van der Waals surface area contributed by atoms with Crippen molar-refractivity contribution in [3.8, 4) is 5.75 Å². The van der Waals surface area contributed by atoms with Crippen LogP contribution in [-0.4, -0.2) is 26.2 Å². The zero-order valence-electron chi connectivity index (χ0n) is 13.2. The maximum atomic E-state index is 5.72. The Morgan fingerprint density at radius 2 is 1.95 bits per heavy atom. The van der Waals surface area contributed by atoms with Crippen molar-refractivity contribution < 1.29 is 4.74 Å². The van der Waals surface area contributed by atoms with Crippen LogP contribution in [0.25, 0.3) is 0 Å². The number of hydrogen-bond acceptors (Lipinski definition) is 3. The van der Waals surface area contributed by atoms with Crippen LogP contribution >= 0.6 is 0 Å². The summed E-state index contributed by atoms with van der Waals surface area (Å²) in [4.78, 5) is 2.27. The second-order valence-corrected chi connectivity index (χ2v) is 6.00. The Balaban J connectivity index is 3.19. The van der Waals surface area contributed by atoms with Crippen molar-refractivity contribution in [2.24, 2.45) is 5.73 Å². The van der Waals surface area contributed by atoms with Gasteiger partial charge in [0.1, 0.15) is 5.75 Å². The molecule has 0 spiro atoms. The SMILES string of the molecule is COc1ccc(C(C)C)cc1N(C)C(C)(C)CCN. The van der Waals surface area contributed by atoms with Crippen LogP contribution in [0, 0.1) is 0 Å². The molecule has 0 radical (unpaired) electrons. The molecule has 108 valence electrons. The van der Waals surface area contributed by atoms with Crippen molar-refractivity contribution in [2.45, 2.75) is 45.6 Å². The van der Waals surface area contributed by atoms with Gasteiger partial charge in [-0.25, -0.2) is 0 Å². The Labute approximate surface area is 117 Å². The standard InChI is InChI=1S/C16H28N2O/c1-12(2)13-7-8-15(19-6)14(11-13)18(5)16(3,4)9-10-17/h7-8,11-12H,9-10,17H2,1-6H3. The topological polar surface area (TPSA) is 38.5 Å². The molecule has 0 fully saturated rings. The number of nitrogens with zero attached hydrogens (tertiary/aromatic N) is 1. The number of methoxy groups -OCH3 is 1. The lowest BCUT2D eigenvalue weighted by Crippen LogP contribution is -2.43. The Hall–Kier alpha value is -1.22. The van der Waals surface area contributed by atoms with Gasteiger partial charge in [0.2, 0.25) is 0 Å². The molecule has 0 aliphatic rings. The highest BCUT2D eigenvalue weighted by molar-refractivity contribution is 5.61. The molecule has 0 unspecified atom stereocenters. The first-order chi connectivity index (χ1) is 8.83. The van der Waals surface area contributed by atoms with E-state index < -0.39 is 0 Å². The fraction of sp³-hybridized carbons (Fsp3) is 0.625. The van der Waals surface area contributed by atoms with E-state index in [1.165, 1.54) is 5.56 Å². The van der Waals surface area contributed by atoms with E-state index in [0.717, 1.165) is 17.9 Å². The van der Waals surface area contributed by atoms with Gasteiger partial charge in [0.25, 0.3) is 0 Å². The van der Waals surface area contributed by atoms with Gasteiger partial charge in [-0.15, -0.1) is 0 Å². The van der Waals surface area contributed by atoms with Crippen molar-refractivity contribution in [3.63, 3.8) is 0 Å². The van der Waals surface area contributed by atoms with Crippen LogP contribution in [0.4, 0.5) is 5.69 Å². The summed E-state index contributed by atoms with van der Waals surface area (Å²) in [6.07, 6.45) is 0.943.